The molecule has 0 aromatic heterocycles. The highest BCUT2D eigenvalue weighted by atomic mass is 16.1. The number of carbonyl (C=O) groups excluding carboxylic acids is 1. The van der Waals surface area contributed by atoms with Crippen LogP contribution in [-0.2, 0) is 4.79 Å². The number of carbonyl (C=O) groups is 1. The van der Waals surface area contributed by atoms with E-state index in [1.807, 2.05) is 26.8 Å². The average Bonchev–Trinajstić information content (AvgIpc) is 2.01. The van der Waals surface area contributed by atoms with Gasteiger partial charge in [-0.05, 0) is 18.3 Å². The summed E-state index contributed by atoms with van der Waals surface area (Å²) in [5, 5.41) is 0. The fourth-order valence-electron chi connectivity index (χ4n) is 1.06. The first kappa shape index (κ1) is 12.4. The molecule has 0 aromatic rings. The zero-order chi connectivity index (χ0) is 10.5. The van der Waals surface area contributed by atoms with Crippen LogP contribution < -0.4 is 5.73 Å². The van der Waals surface area contributed by atoms with Crippen LogP contribution in [0, 0.1) is 5.41 Å². The van der Waals surface area contributed by atoms with Crippen molar-refractivity contribution in [2.24, 2.45) is 11.1 Å². The molecule has 0 heterocycles. The lowest BCUT2D eigenvalue weighted by atomic mass is 9.83. The van der Waals surface area contributed by atoms with Crippen molar-refractivity contribution in [2.45, 2.75) is 46.1 Å². The number of ketones is 1. The topological polar surface area (TPSA) is 43.1 Å². The van der Waals surface area contributed by atoms with E-state index in [-0.39, 0.29) is 17.2 Å². The Morgan fingerprint density at radius 3 is 2.46 bits per heavy atom. The molecule has 0 aliphatic rings. The Balaban J connectivity index is 3.90. The molecule has 0 saturated carbocycles. The van der Waals surface area contributed by atoms with Gasteiger partial charge in [0.05, 0.1) is 6.04 Å². The molecule has 0 aromatic carbocycles. The van der Waals surface area contributed by atoms with Gasteiger partial charge in [0, 0.05) is 6.42 Å². The fourth-order valence-corrected chi connectivity index (χ4v) is 1.06. The summed E-state index contributed by atoms with van der Waals surface area (Å²) >= 11 is 0. The molecule has 13 heavy (non-hydrogen) atoms. The second kappa shape index (κ2) is 5.18. The molecule has 1 unspecified atom stereocenters. The molecule has 2 nitrogen and oxygen atoms in total. The van der Waals surface area contributed by atoms with Gasteiger partial charge in [0.15, 0.2) is 0 Å². The highest BCUT2D eigenvalue weighted by molar-refractivity contribution is 5.84. The molecule has 0 amide bonds. The van der Waals surface area contributed by atoms with Crippen molar-refractivity contribution in [3.63, 3.8) is 0 Å². The third-order valence-electron chi connectivity index (χ3n) is 2.11. The van der Waals surface area contributed by atoms with E-state index in [1.54, 1.807) is 0 Å². The first-order valence-corrected chi connectivity index (χ1v) is 4.78. The number of hydrogen-bond donors (Lipinski definition) is 1. The van der Waals surface area contributed by atoms with Crippen LogP contribution in [0.3, 0.4) is 0 Å². The van der Waals surface area contributed by atoms with E-state index >= 15 is 0 Å². The lowest BCUT2D eigenvalue weighted by Gasteiger charge is -2.25. The lowest BCUT2D eigenvalue weighted by molar-refractivity contribution is -0.122. The maximum Gasteiger partial charge on any atom is 0.150 e. The van der Waals surface area contributed by atoms with Gasteiger partial charge in [0.25, 0.3) is 0 Å². The molecule has 0 aliphatic carbocycles. The second-order valence-corrected chi connectivity index (χ2v) is 4.49. The summed E-state index contributed by atoms with van der Waals surface area (Å²) in [6, 6.07) is -0.336. The van der Waals surface area contributed by atoms with Crippen molar-refractivity contribution >= 4 is 5.78 Å². The Morgan fingerprint density at radius 1 is 1.54 bits per heavy atom. The Morgan fingerprint density at radius 2 is 2.08 bits per heavy atom. The monoisotopic (exact) mass is 183 g/mol. The molecule has 0 saturated heterocycles. The van der Waals surface area contributed by atoms with Gasteiger partial charge in [0.1, 0.15) is 5.78 Å². The van der Waals surface area contributed by atoms with E-state index in [4.69, 9.17) is 5.73 Å². The van der Waals surface area contributed by atoms with E-state index in [9.17, 15) is 4.79 Å². The number of allylic oxidation sites excluding steroid dienone is 1. The normalized spacial score (nSPS) is 13.8. The maximum atomic E-state index is 11.5. The van der Waals surface area contributed by atoms with Gasteiger partial charge in [-0.3, -0.25) is 4.79 Å². The summed E-state index contributed by atoms with van der Waals surface area (Å²) in [5.41, 5.74) is 5.68. The van der Waals surface area contributed by atoms with E-state index in [0.29, 0.717) is 6.42 Å². The highest BCUT2D eigenvalue weighted by Gasteiger charge is 2.26. The standard InChI is InChI=1S/C11H21NO/c1-5-6-7-8-9(13)10(12)11(2,3)4/h5,10H,1,6-8,12H2,2-4H3. The van der Waals surface area contributed by atoms with Crippen LogP contribution in [0.25, 0.3) is 0 Å². The molecule has 1 atom stereocenters. The summed E-state index contributed by atoms with van der Waals surface area (Å²) in [6.45, 7) is 9.58. The van der Waals surface area contributed by atoms with Gasteiger partial charge in [0.2, 0.25) is 0 Å². The minimum atomic E-state index is -0.336. The number of unbranched alkanes of at least 4 members (excludes halogenated alkanes) is 1. The number of nitrogens with two attached hydrogens (primary N) is 1. The first-order chi connectivity index (χ1) is 5.89. The van der Waals surface area contributed by atoms with Gasteiger partial charge in [-0.25, -0.2) is 0 Å². The smallest absolute Gasteiger partial charge is 0.150 e. The van der Waals surface area contributed by atoms with Crippen LogP contribution in [0.4, 0.5) is 0 Å². The maximum absolute atomic E-state index is 11.5. The quantitative estimate of drug-likeness (QED) is 0.525. The lowest BCUT2D eigenvalue weighted by Crippen LogP contribution is -2.42. The molecular formula is C11H21NO. The van der Waals surface area contributed by atoms with Crippen molar-refractivity contribution in [2.75, 3.05) is 0 Å². The number of rotatable bonds is 5. The van der Waals surface area contributed by atoms with Crippen LogP contribution in [0.2, 0.25) is 0 Å². The predicted octanol–water partition coefficient (Wildman–Crippen LogP) is 2.29. The Bertz CT molecular complexity index is 179. The van der Waals surface area contributed by atoms with Crippen molar-refractivity contribution in [1.29, 1.82) is 0 Å². The van der Waals surface area contributed by atoms with E-state index in [2.05, 4.69) is 6.58 Å². The third-order valence-corrected chi connectivity index (χ3v) is 2.11. The van der Waals surface area contributed by atoms with Gasteiger partial charge < -0.3 is 5.73 Å². The van der Waals surface area contributed by atoms with Gasteiger partial charge in [-0.2, -0.15) is 0 Å². The largest absolute Gasteiger partial charge is 0.321 e. The van der Waals surface area contributed by atoms with E-state index in [1.165, 1.54) is 0 Å². The summed E-state index contributed by atoms with van der Waals surface area (Å²) in [5.74, 6) is 0.161. The SMILES string of the molecule is C=CCCCC(=O)C(N)C(C)(C)C. The first-order valence-electron chi connectivity index (χ1n) is 4.78. The molecule has 0 spiro atoms. The van der Waals surface area contributed by atoms with Crippen LogP contribution >= 0.6 is 0 Å². The summed E-state index contributed by atoms with van der Waals surface area (Å²) in [4.78, 5) is 11.5. The highest BCUT2D eigenvalue weighted by Crippen LogP contribution is 2.19. The second-order valence-electron chi connectivity index (χ2n) is 4.49. The third kappa shape index (κ3) is 4.83. The van der Waals surface area contributed by atoms with Gasteiger partial charge >= 0.3 is 0 Å². The van der Waals surface area contributed by atoms with Crippen molar-refractivity contribution in [3.8, 4) is 0 Å². The van der Waals surface area contributed by atoms with Crippen molar-refractivity contribution < 1.29 is 4.79 Å². The molecule has 2 N–H and O–H groups in total. The Labute approximate surface area is 81.2 Å². The summed E-state index contributed by atoms with van der Waals surface area (Å²) < 4.78 is 0. The number of Topliss-reactive ketones (excluding diaryl/α,β-unsaturated/α-hetero) is 1. The molecule has 76 valence electrons. The van der Waals surface area contributed by atoms with Gasteiger partial charge in [-0.1, -0.05) is 26.8 Å². The van der Waals surface area contributed by atoms with E-state index in [0.717, 1.165) is 12.8 Å². The van der Waals surface area contributed by atoms with Gasteiger partial charge in [-0.15, -0.1) is 6.58 Å². The average molecular weight is 183 g/mol. The summed E-state index contributed by atoms with van der Waals surface area (Å²) in [6.07, 6.45) is 4.16. The fraction of sp³-hybridized carbons (Fsp3) is 0.727. The van der Waals surface area contributed by atoms with Crippen LogP contribution in [0.1, 0.15) is 40.0 Å². The van der Waals surface area contributed by atoms with Crippen LogP contribution in [0.5, 0.6) is 0 Å². The molecule has 0 rings (SSSR count). The Hall–Kier alpha value is -0.630. The van der Waals surface area contributed by atoms with E-state index < -0.39 is 0 Å². The minimum Gasteiger partial charge on any atom is -0.321 e. The molecule has 0 aliphatic heterocycles. The van der Waals surface area contributed by atoms with Crippen LogP contribution in [-0.4, -0.2) is 11.8 Å². The molecule has 2 heteroatoms. The molecule has 0 bridgehead atoms. The number of hydrogen-bond acceptors (Lipinski definition) is 2. The molecule has 0 fully saturated rings. The summed E-state index contributed by atoms with van der Waals surface area (Å²) in [7, 11) is 0. The van der Waals surface area contributed by atoms with Crippen molar-refractivity contribution in [3.05, 3.63) is 12.7 Å². The predicted molar refractivity (Wildman–Crippen MR) is 56.5 cm³/mol. The Kier molecular flexibility index (Phi) is 4.92. The van der Waals surface area contributed by atoms with Crippen molar-refractivity contribution in [1.82, 2.24) is 0 Å². The molecule has 0 radical (unpaired) electrons. The zero-order valence-electron chi connectivity index (χ0n) is 8.97. The minimum absolute atomic E-state index is 0.120. The zero-order valence-corrected chi connectivity index (χ0v) is 8.97. The van der Waals surface area contributed by atoms with Crippen LogP contribution in [0.15, 0.2) is 12.7 Å². The molecular weight excluding hydrogens is 162 g/mol.